The number of halogens is 4. The maximum atomic E-state index is 12.0. The molecule has 126 valence electrons. The van der Waals surface area contributed by atoms with Crippen LogP contribution in [-0.4, -0.2) is 18.4 Å². The highest BCUT2D eigenvalue weighted by Crippen LogP contribution is 2.21. The zero-order chi connectivity index (χ0) is 17.7. The molecule has 0 bridgehead atoms. The first-order chi connectivity index (χ1) is 11.4. The van der Waals surface area contributed by atoms with Crippen LogP contribution >= 0.6 is 23.2 Å². The number of ether oxygens (including phenoxy) is 1. The van der Waals surface area contributed by atoms with Gasteiger partial charge in [-0.05, 0) is 42.5 Å². The van der Waals surface area contributed by atoms with Gasteiger partial charge in [0.2, 0.25) is 0 Å². The third kappa shape index (κ3) is 4.81. The SMILES string of the molecule is N/C(=N\OC(=O)c1ccc(OC(F)F)cc1)c1ccc(Cl)cc1Cl. The molecular weight excluding hydrogens is 365 g/mol. The van der Waals surface area contributed by atoms with E-state index in [1.54, 1.807) is 6.07 Å². The first-order valence-corrected chi connectivity index (χ1v) is 7.17. The molecule has 0 heterocycles. The maximum absolute atomic E-state index is 12.0. The van der Waals surface area contributed by atoms with Gasteiger partial charge in [0.1, 0.15) is 5.75 Å². The lowest BCUT2D eigenvalue weighted by Crippen LogP contribution is -2.15. The molecule has 2 aromatic rings. The van der Waals surface area contributed by atoms with E-state index in [1.807, 2.05) is 0 Å². The molecule has 0 radical (unpaired) electrons. The molecule has 0 unspecified atom stereocenters. The highest BCUT2D eigenvalue weighted by Gasteiger charge is 2.11. The van der Waals surface area contributed by atoms with Crippen molar-refractivity contribution in [3.63, 3.8) is 0 Å². The molecule has 24 heavy (non-hydrogen) atoms. The number of alkyl halides is 2. The predicted molar refractivity (Wildman–Crippen MR) is 85.7 cm³/mol. The Morgan fingerprint density at radius 3 is 2.38 bits per heavy atom. The Kier molecular flexibility index (Phi) is 5.94. The van der Waals surface area contributed by atoms with Gasteiger partial charge in [0.15, 0.2) is 5.84 Å². The molecule has 0 spiro atoms. The molecular formula is C15H10Cl2F2N2O3. The number of oxime groups is 1. The zero-order valence-corrected chi connectivity index (χ0v) is 13.4. The molecule has 0 aliphatic heterocycles. The third-order valence-electron chi connectivity index (χ3n) is 2.75. The number of carbonyl (C=O) groups is 1. The molecule has 0 aromatic heterocycles. The number of nitrogens with two attached hydrogens (primary N) is 1. The lowest BCUT2D eigenvalue weighted by Gasteiger charge is -2.05. The van der Waals surface area contributed by atoms with Crippen molar-refractivity contribution in [1.82, 2.24) is 0 Å². The summed E-state index contributed by atoms with van der Waals surface area (Å²) in [6.45, 7) is -2.95. The van der Waals surface area contributed by atoms with E-state index < -0.39 is 12.6 Å². The molecule has 2 aromatic carbocycles. The Morgan fingerprint density at radius 1 is 1.12 bits per heavy atom. The highest BCUT2D eigenvalue weighted by molar-refractivity contribution is 6.36. The van der Waals surface area contributed by atoms with Gasteiger partial charge in [0.25, 0.3) is 0 Å². The fourth-order valence-electron chi connectivity index (χ4n) is 1.66. The van der Waals surface area contributed by atoms with Gasteiger partial charge >= 0.3 is 12.6 Å². The van der Waals surface area contributed by atoms with Gasteiger partial charge in [0.05, 0.1) is 10.6 Å². The second-order valence-corrected chi connectivity index (χ2v) is 5.23. The van der Waals surface area contributed by atoms with Gasteiger partial charge in [-0.1, -0.05) is 28.4 Å². The largest absolute Gasteiger partial charge is 0.435 e. The van der Waals surface area contributed by atoms with Crippen molar-refractivity contribution < 1.29 is 23.1 Å². The van der Waals surface area contributed by atoms with Crippen molar-refractivity contribution in [3.05, 3.63) is 63.6 Å². The van der Waals surface area contributed by atoms with Gasteiger partial charge in [-0.2, -0.15) is 8.78 Å². The van der Waals surface area contributed by atoms with E-state index in [4.69, 9.17) is 33.8 Å². The van der Waals surface area contributed by atoms with Crippen LogP contribution in [0.5, 0.6) is 5.75 Å². The summed E-state index contributed by atoms with van der Waals surface area (Å²) in [5, 5.41) is 4.16. The Balaban J connectivity index is 2.06. The van der Waals surface area contributed by atoms with Crippen molar-refractivity contribution in [2.45, 2.75) is 6.61 Å². The van der Waals surface area contributed by atoms with Crippen molar-refractivity contribution in [2.75, 3.05) is 0 Å². The summed E-state index contributed by atoms with van der Waals surface area (Å²) in [5.74, 6) is -1.04. The van der Waals surface area contributed by atoms with Gasteiger partial charge in [-0.3, -0.25) is 0 Å². The number of amidine groups is 1. The first kappa shape index (κ1) is 18.0. The van der Waals surface area contributed by atoms with E-state index in [-0.39, 0.29) is 22.2 Å². The van der Waals surface area contributed by atoms with Gasteiger partial charge in [-0.25, -0.2) is 4.79 Å². The summed E-state index contributed by atoms with van der Waals surface area (Å²) in [6.07, 6.45) is 0. The number of benzene rings is 2. The second kappa shape index (κ2) is 7.94. The topological polar surface area (TPSA) is 73.9 Å². The zero-order valence-electron chi connectivity index (χ0n) is 11.9. The average Bonchev–Trinajstić information content (AvgIpc) is 2.52. The van der Waals surface area contributed by atoms with Crippen LogP contribution in [0.2, 0.25) is 10.0 Å². The molecule has 0 aliphatic carbocycles. The van der Waals surface area contributed by atoms with Gasteiger partial charge in [-0.15, -0.1) is 0 Å². The van der Waals surface area contributed by atoms with Gasteiger partial charge in [0, 0.05) is 10.6 Å². The molecule has 0 saturated heterocycles. The number of nitrogens with zero attached hydrogens (tertiary/aromatic N) is 1. The van der Waals surface area contributed by atoms with Crippen LogP contribution in [0.25, 0.3) is 0 Å². The quantitative estimate of drug-likeness (QED) is 0.370. The Bertz CT molecular complexity index is 768. The van der Waals surface area contributed by atoms with Crippen molar-refractivity contribution >= 4 is 35.0 Å². The lowest BCUT2D eigenvalue weighted by atomic mass is 10.2. The number of hydrogen-bond acceptors (Lipinski definition) is 4. The highest BCUT2D eigenvalue weighted by atomic mass is 35.5. The Hall–Kier alpha value is -2.38. The summed E-state index contributed by atoms with van der Waals surface area (Å²) in [4.78, 5) is 16.5. The standard InChI is InChI=1S/C15H10Cl2F2N2O3/c16-9-3-6-11(12(17)7-9)13(20)21-24-14(22)8-1-4-10(5-2-8)23-15(18)19/h1-7,15H,(H2,20,21). The van der Waals surface area contributed by atoms with E-state index in [0.717, 1.165) is 0 Å². The van der Waals surface area contributed by atoms with Gasteiger partial charge < -0.3 is 15.3 Å². The Labute approximate surface area is 145 Å². The van der Waals surface area contributed by atoms with Crippen molar-refractivity contribution in [3.8, 4) is 5.75 Å². The van der Waals surface area contributed by atoms with E-state index in [9.17, 15) is 13.6 Å². The summed E-state index contributed by atoms with van der Waals surface area (Å²) < 4.78 is 28.3. The smallest absolute Gasteiger partial charge is 0.387 e. The fraction of sp³-hybridized carbons (Fsp3) is 0.0667. The molecule has 0 saturated carbocycles. The molecule has 2 N–H and O–H groups in total. The molecule has 0 atom stereocenters. The van der Waals surface area contributed by atoms with Crippen LogP contribution in [0.15, 0.2) is 47.6 Å². The van der Waals surface area contributed by atoms with E-state index in [1.165, 1.54) is 36.4 Å². The molecule has 9 heteroatoms. The van der Waals surface area contributed by atoms with Crippen molar-refractivity contribution in [2.24, 2.45) is 10.9 Å². The lowest BCUT2D eigenvalue weighted by molar-refractivity contribution is -0.0498. The summed E-state index contributed by atoms with van der Waals surface area (Å²) in [5.41, 5.74) is 6.11. The second-order valence-electron chi connectivity index (χ2n) is 4.38. The normalized spacial score (nSPS) is 11.5. The van der Waals surface area contributed by atoms with E-state index in [2.05, 4.69) is 9.89 Å². The van der Waals surface area contributed by atoms with E-state index in [0.29, 0.717) is 10.6 Å². The van der Waals surface area contributed by atoms with Crippen LogP contribution in [-0.2, 0) is 4.84 Å². The van der Waals surface area contributed by atoms with Crippen LogP contribution < -0.4 is 10.5 Å². The number of hydrogen-bond donors (Lipinski definition) is 1. The van der Waals surface area contributed by atoms with Crippen LogP contribution in [0.3, 0.4) is 0 Å². The number of carbonyl (C=O) groups excluding carboxylic acids is 1. The van der Waals surface area contributed by atoms with E-state index >= 15 is 0 Å². The minimum Gasteiger partial charge on any atom is -0.435 e. The third-order valence-corrected chi connectivity index (χ3v) is 3.30. The summed E-state index contributed by atoms with van der Waals surface area (Å²) in [7, 11) is 0. The van der Waals surface area contributed by atoms with Crippen LogP contribution in [0.1, 0.15) is 15.9 Å². The average molecular weight is 375 g/mol. The molecule has 2 rings (SSSR count). The number of rotatable bonds is 5. The Morgan fingerprint density at radius 2 is 1.79 bits per heavy atom. The summed E-state index contributed by atoms with van der Waals surface area (Å²) >= 11 is 11.7. The molecule has 5 nitrogen and oxygen atoms in total. The minimum atomic E-state index is -2.95. The molecule has 0 amide bonds. The monoisotopic (exact) mass is 374 g/mol. The minimum absolute atomic E-state index is 0.0790. The summed E-state index contributed by atoms with van der Waals surface area (Å²) in [6, 6.07) is 9.44. The fourth-order valence-corrected chi connectivity index (χ4v) is 2.17. The van der Waals surface area contributed by atoms with Crippen LogP contribution in [0, 0.1) is 0 Å². The first-order valence-electron chi connectivity index (χ1n) is 6.42. The van der Waals surface area contributed by atoms with Crippen molar-refractivity contribution in [1.29, 1.82) is 0 Å². The van der Waals surface area contributed by atoms with Crippen LogP contribution in [0.4, 0.5) is 8.78 Å². The maximum Gasteiger partial charge on any atom is 0.387 e. The molecule has 0 fully saturated rings. The predicted octanol–water partition coefficient (Wildman–Crippen LogP) is 4.07. The molecule has 0 aliphatic rings.